The van der Waals surface area contributed by atoms with Gasteiger partial charge in [0.2, 0.25) is 0 Å². The fraction of sp³-hybridized carbons (Fsp3) is 0.312. The van der Waals surface area contributed by atoms with E-state index in [9.17, 15) is 4.79 Å². The van der Waals surface area contributed by atoms with Crippen LogP contribution in [0.25, 0.3) is 0 Å². The maximum absolute atomic E-state index is 12.0. The smallest absolute Gasteiger partial charge is 0.270 e. The Bertz CT molecular complexity index is 718. The zero-order valence-electron chi connectivity index (χ0n) is 13.0. The number of nitrogens with zero attached hydrogens (tertiary/aromatic N) is 2. The number of carbonyl (C=O) groups is 1. The standard InChI is InChI=1S/C16H18N4O3/c1-10(2)19-16(21)12-8-15(18-9-17-12)20-11-3-4-13-14(7-11)23-6-5-22-13/h3-4,7-10H,5-6H2,1-2H3,(H,19,21)(H,17,18,20). The van der Waals surface area contributed by atoms with E-state index in [2.05, 4.69) is 20.6 Å². The minimum atomic E-state index is -0.229. The SMILES string of the molecule is CC(C)NC(=O)c1cc(Nc2ccc3c(c2)OCCO3)ncn1. The molecule has 1 aromatic carbocycles. The Balaban J connectivity index is 1.76. The highest BCUT2D eigenvalue weighted by Gasteiger charge is 2.13. The number of carbonyl (C=O) groups excluding carboxylic acids is 1. The first-order valence-electron chi connectivity index (χ1n) is 7.41. The Morgan fingerprint density at radius 1 is 1.13 bits per heavy atom. The van der Waals surface area contributed by atoms with Gasteiger partial charge in [0, 0.05) is 23.9 Å². The molecular weight excluding hydrogens is 296 g/mol. The van der Waals surface area contributed by atoms with Gasteiger partial charge in [-0.2, -0.15) is 0 Å². The second kappa shape index (κ2) is 6.51. The third-order valence-corrected chi connectivity index (χ3v) is 3.13. The quantitative estimate of drug-likeness (QED) is 0.899. The molecule has 1 amide bonds. The van der Waals surface area contributed by atoms with Crippen LogP contribution in [-0.2, 0) is 0 Å². The predicted octanol–water partition coefficient (Wildman–Crippen LogP) is 2.13. The van der Waals surface area contributed by atoms with Crippen molar-refractivity contribution in [3.05, 3.63) is 36.3 Å². The Kier molecular flexibility index (Phi) is 4.27. The molecule has 0 aliphatic carbocycles. The van der Waals surface area contributed by atoms with E-state index in [-0.39, 0.29) is 11.9 Å². The molecule has 3 rings (SSSR count). The Labute approximate surface area is 134 Å². The average molecular weight is 314 g/mol. The lowest BCUT2D eigenvalue weighted by Gasteiger charge is -2.19. The van der Waals surface area contributed by atoms with E-state index in [0.29, 0.717) is 30.5 Å². The first kappa shape index (κ1) is 15.1. The maximum Gasteiger partial charge on any atom is 0.270 e. The van der Waals surface area contributed by atoms with Crippen LogP contribution >= 0.6 is 0 Å². The monoisotopic (exact) mass is 314 g/mol. The van der Waals surface area contributed by atoms with Gasteiger partial charge in [0.25, 0.3) is 5.91 Å². The molecule has 0 radical (unpaired) electrons. The van der Waals surface area contributed by atoms with Crippen molar-refractivity contribution in [2.24, 2.45) is 0 Å². The summed E-state index contributed by atoms with van der Waals surface area (Å²) in [5.41, 5.74) is 1.11. The molecule has 0 unspecified atom stereocenters. The lowest BCUT2D eigenvalue weighted by atomic mass is 10.2. The van der Waals surface area contributed by atoms with E-state index < -0.39 is 0 Å². The van der Waals surface area contributed by atoms with Gasteiger partial charge in [-0.25, -0.2) is 9.97 Å². The van der Waals surface area contributed by atoms with E-state index >= 15 is 0 Å². The summed E-state index contributed by atoms with van der Waals surface area (Å²) in [5, 5.41) is 5.93. The lowest BCUT2D eigenvalue weighted by Crippen LogP contribution is -2.30. The number of rotatable bonds is 4. The van der Waals surface area contributed by atoms with Gasteiger partial charge in [0.05, 0.1) is 0 Å². The molecular formula is C16H18N4O3. The number of hydrogen-bond acceptors (Lipinski definition) is 6. The summed E-state index contributed by atoms with van der Waals surface area (Å²) >= 11 is 0. The topological polar surface area (TPSA) is 85.4 Å². The summed E-state index contributed by atoms with van der Waals surface area (Å²) < 4.78 is 11.0. The Morgan fingerprint density at radius 3 is 2.70 bits per heavy atom. The van der Waals surface area contributed by atoms with Crippen molar-refractivity contribution in [1.29, 1.82) is 0 Å². The minimum absolute atomic E-state index is 0.0478. The normalized spacial score (nSPS) is 12.8. The number of ether oxygens (including phenoxy) is 2. The highest BCUT2D eigenvalue weighted by atomic mass is 16.6. The third-order valence-electron chi connectivity index (χ3n) is 3.13. The molecule has 120 valence electrons. The van der Waals surface area contributed by atoms with Crippen LogP contribution in [-0.4, -0.2) is 35.1 Å². The van der Waals surface area contributed by atoms with Crippen LogP contribution in [0.4, 0.5) is 11.5 Å². The van der Waals surface area contributed by atoms with Gasteiger partial charge < -0.3 is 20.1 Å². The van der Waals surface area contributed by atoms with Gasteiger partial charge in [-0.15, -0.1) is 0 Å². The summed E-state index contributed by atoms with van der Waals surface area (Å²) in [7, 11) is 0. The van der Waals surface area contributed by atoms with Crippen LogP contribution in [0.3, 0.4) is 0 Å². The van der Waals surface area contributed by atoms with E-state index in [0.717, 1.165) is 11.4 Å². The molecule has 0 saturated heterocycles. The van der Waals surface area contributed by atoms with Gasteiger partial charge in [0.15, 0.2) is 11.5 Å². The van der Waals surface area contributed by atoms with Crippen molar-refractivity contribution < 1.29 is 14.3 Å². The van der Waals surface area contributed by atoms with Gasteiger partial charge >= 0.3 is 0 Å². The van der Waals surface area contributed by atoms with E-state index in [1.807, 2.05) is 32.0 Å². The van der Waals surface area contributed by atoms with E-state index in [1.54, 1.807) is 6.07 Å². The molecule has 2 N–H and O–H groups in total. The number of nitrogens with one attached hydrogen (secondary N) is 2. The van der Waals surface area contributed by atoms with Crippen molar-refractivity contribution in [3.63, 3.8) is 0 Å². The van der Waals surface area contributed by atoms with Crippen LogP contribution in [0.2, 0.25) is 0 Å². The molecule has 2 heterocycles. The van der Waals surface area contributed by atoms with Crippen molar-refractivity contribution in [2.75, 3.05) is 18.5 Å². The zero-order valence-corrected chi connectivity index (χ0v) is 13.0. The molecule has 7 heteroatoms. The summed E-state index contributed by atoms with van der Waals surface area (Å²) in [6, 6.07) is 7.19. The molecule has 1 aromatic heterocycles. The van der Waals surface area contributed by atoms with Crippen LogP contribution in [0, 0.1) is 0 Å². The van der Waals surface area contributed by atoms with Gasteiger partial charge in [0.1, 0.15) is 31.1 Å². The first-order chi connectivity index (χ1) is 11.1. The fourth-order valence-corrected chi connectivity index (χ4v) is 2.15. The van der Waals surface area contributed by atoms with Gasteiger partial charge in [-0.3, -0.25) is 4.79 Å². The van der Waals surface area contributed by atoms with Crippen LogP contribution < -0.4 is 20.1 Å². The van der Waals surface area contributed by atoms with Gasteiger partial charge in [-0.05, 0) is 26.0 Å². The highest BCUT2D eigenvalue weighted by Crippen LogP contribution is 2.33. The number of aromatic nitrogens is 2. The zero-order chi connectivity index (χ0) is 16.2. The molecule has 1 aliphatic heterocycles. The maximum atomic E-state index is 12.0. The second-order valence-electron chi connectivity index (χ2n) is 5.40. The molecule has 0 atom stereocenters. The Hall–Kier alpha value is -2.83. The minimum Gasteiger partial charge on any atom is -0.486 e. The average Bonchev–Trinajstić information content (AvgIpc) is 2.54. The molecule has 0 fully saturated rings. The highest BCUT2D eigenvalue weighted by molar-refractivity contribution is 5.93. The van der Waals surface area contributed by atoms with E-state index in [4.69, 9.17) is 9.47 Å². The third kappa shape index (κ3) is 3.68. The molecule has 1 aliphatic rings. The van der Waals surface area contributed by atoms with Crippen LogP contribution in [0.15, 0.2) is 30.6 Å². The van der Waals surface area contributed by atoms with Crippen molar-refractivity contribution in [3.8, 4) is 11.5 Å². The van der Waals surface area contributed by atoms with Crippen molar-refractivity contribution in [2.45, 2.75) is 19.9 Å². The largest absolute Gasteiger partial charge is 0.486 e. The summed E-state index contributed by atoms with van der Waals surface area (Å²) in [5.74, 6) is 1.72. The molecule has 0 bridgehead atoms. The van der Waals surface area contributed by atoms with Gasteiger partial charge in [-0.1, -0.05) is 0 Å². The summed E-state index contributed by atoms with van der Waals surface area (Å²) in [6.45, 7) is 4.88. The van der Waals surface area contributed by atoms with Crippen molar-refractivity contribution >= 4 is 17.4 Å². The van der Waals surface area contributed by atoms with Crippen molar-refractivity contribution in [1.82, 2.24) is 15.3 Å². The molecule has 23 heavy (non-hydrogen) atoms. The van der Waals surface area contributed by atoms with E-state index in [1.165, 1.54) is 6.33 Å². The number of amides is 1. The lowest BCUT2D eigenvalue weighted by molar-refractivity contribution is 0.0938. The number of anilines is 2. The molecule has 2 aromatic rings. The first-order valence-corrected chi connectivity index (χ1v) is 7.41. The summed E-state index contributed by atoms with van der Waals surface area (Å²) in [4.78, 5) is 20.1. The predicted molar refractivity (Wildman–Crippen MR) is 85.3 cm³/mol. The van der Waals surface area contributed by atoms with Crippen LogP contribution in [0.5, 0.6) is 11.5 Å². The Morgan fingerprint density at radius 2 is 1.91 bits per heavy atom. The molecule has 0 spiro atoms. The fourth-order valence-electron chi connectivity index (χ4n) is 2.15. The molecule has 7 nitrogen and oxygen atoms in total. The second-order valence-corrected chi connectivity index (χ2v) is 5.40. The number of fused-ring (bicyclic) bond motifs is 1. The van der Waals surface area contributed by atoms with Crippen LogP contribution in [0.1, 0.15) is 24.3 Å². The number of benzene rings is 1. The number of hydrogen-bond donors (Lipinski definition) is 2. The molecule has 0 saturated carbocycles. The summed E-state index contributed by atoms with van der Waals surface area (Å²) in [6.07, 6.45) is 1.36.